The molecule has 0 aliphatic heterocycles. The molecule has 0 radical (unpaired) electrons. The Bertz CT molecular complexity index is 411. The molecule has 0 aliphatic rings. The van der Waals surface area contributed by atoms with E-state index in [1.54, 1.807) is 6.26 Å². The fraction of sp³-hybridized carbons (Fsp3) is 0.375. The van der Waals surface area contributed by atoms with E-state index in [-0.39, 0.29) is 0 Å². The van der Waals surface area contributed by atoms with E-state index in [1.807, 2.05) is 12.1 Å². The van der Waals surface area contributed by atoms with Crippen LogP contribution in [0.1, 0.15) is 38.2 Å². The van der Waals surface area contributed by atoms with Gasteiger partial charge in [-0.15, -0.1) is 0 Å². The molecule has 0 amide bonds. The highest BCUT2D eigenvalue weighted by molar-refractivity contribution is 5.57. The van der Waals surface area contributed by atoms with Gasteiger partial charge in [-0.1, -0.05) is 50.5 Å². The van der Waals surface area contributed by atoms with Crippen LogP contribution in [-0.2, 0) is 6.42 Å². The Balaban J connectivity index is 1.90. The van der Waals surface area contributed by atoms with Gasteiger partial charge in [-0.05, 0) is 30.5 Å². The van der Waals surface area contributed by atoms with Gasteiger partial charge in [-0.25, -0.2) is 0 Å². The summed E-state index contributed by atoms with van der Waals surface area (Å²) in [4.78, 5) is 0. The van der Waals surface area contributed by atoms with Crippen LogP contribution in [0.2, 0.25) is 0 Å². The predicted octanol–water partition coefficient (Wildman–Crippen LogP) is 5.07. The van der Waals surface area contributed by atoms with Crippen molar-refractivity contribution in [1.29, 1.82) is 0 Å². The first-order valence-corrected chi connectivity index (χ1v) is 6.53. The first-order chi connectivity index (χ1) is 8.40. The van der Waals surface area contributed by atoms with Gasteiger partial charge in [0.25, 0.3) is 0 Å². The summed E-state index contributed by atoms with van der Waals surface area (Å²) in [5, 5.41) is 0. The maximum absolute atomic E-state index is 5.37. The number of unbranched alkanes of at least 4 members (excludes halogenated alkanes) is 3. The Morgan fingerprint density at radius 2 is 1.76 bits per heavy atom. The maximum atomic E-state index is 5.37. The number of rotatable bonds is 6. The molecule has 0 unspecified atom stereocenters. The van der Waals surface area contributed by atoms with Crippen LogP contribution in [0.4, 0.5) is 0 Å². The lowest BCUT2D eigenvalue weighted by molar-refractivity contribution is 0.582. The highest BCUT2D eigenvalue weighted by atomic mass is 16.3. The molecular formula is C16H20O. The third-order valence-electron chi connectivity index (χ3n) is 3.08. The van der Waals surface area contributed by atoms with Crippen molar-refractivity contribution in [2.75, 3.05) is 0 Å². The lowest BCUT2D eigenvalue weighted by atomic mass is 10.0. The van der Waals surface area contributed by atoms with E-state index in [1.165, 1.54) is 37.7 Å². The first kappa shape index (κ1) is 12.0. The summed E-state index contributed by atoms with van der Waals surface area (Å²) in [5.41, 5.74) is 2.59. The lowest BCUT2D eigenvalue weighted by Crippen LogP contribution is -1.85. The summed E-state index contributed by atoms with van der Waals surface area (Å²) < 4.78 is 5.37. The molecule has 0 saturated carbocycles. The molecule has 2 rings (SSSR count). The summed E-state index contributed by atoms with van der Waals surface area (Å²) in [5.74, 6) is 0.947. The largest absolute Gasteiger partial charge is 0.464 e. The third kappa shape index (κ3) is 3.48. The van der Waals surface area contributed by atoms with Crippen molar-refractivity contribution in [3.05, 3.63) is 48.2 Å². The van der Waals surface area contributed by atoms with Gasteiger partial charge in [0, 0.05) is 5.56 Å². The third-order valence-corrected chi connectivity index (χ3v) is 3.08. The van der Waals surface area contributed by atoms with Crippen LogP contribution in [0.15, 0.2) is 47.1 Å². The van der Waals surface area contributed by atoms with Crippen LogP contribution in [0.5, 0.6) is 0 Å². The minimum absolute atomic E-state index is 0.947. The topological polar surface area (TPSA) is 13.1 Å². The standard InChI is InChI=1S/C16H20O/c1-2-3-4-5-7-14-9-11-15(12-10-14)16-8-6-13-17-16/h6,8-13H,2-5,7H2,1H3. The Morgan fingerprint density at radius 3 is 2.41 bits per heavy atom. The van der Waals surface area contributed by atoms with Gasteiger partial charge in [0.15, 0.2) is 0 Å². The first-order valence-electron chi connectivity index (χ1n) is 6.53. The molecule has 0 aliphatic carbocycles. The highest BCUT2D eigenvalue weighted by Crippen LogP contribution is 2.20. The number of furan rings is 1. The van der Waals surface area contributed by atoms with Crippen LogP contribution >= 0.6 is 0 Å². The van der Waals surface area contributed by atoms with Crippen LogP contribution < -0.4 is 0 Å². The normalized spacial score (nSPS) is 10.6. The summed E-state index contributed by atoms with van der Waals surface area (Å²) in [7, 11) is 0. The molecule has 1 nitrogen and oxygen atoms in total. The number of aryl methyl sites for hydroxylation is 1. The van der Waals surface area contributed by atoms with Crippen molar-refractivity contribution in [2.45, 2.75) is 39.0 Å². The van der Waals surface area contributed by atoms with E-state index < -0.39 is 0 Å². The molecular weight excluding hydrogens is 208 g/mol. The van der Waals surface area contributed by atoms with E-state index in [4.69, 9.17) is 4.42 Å². The number of hydrogen-bond acceptors (Lipinski definition) is 1. The second kappa shape index (κ2) is 6.29. The molecule has 90 valence electrons. The molecule has 17 heavy (non-hydrogen) atoms. The predicted molar refractivity (Wildman–Crippen MR) is 72.0 cm³/mol. The molecule has 0 bridgehead atoms. The second-order valence-electron chi connectivity index (χ2n) is 4.48. The van der Waals surface area contributed by atoms with Crippen molar-refractivity contribution in [2.24, 2.45) is 0 Å². The van der Waals surface area contributed by atoms with Crippen molar-refractivity contribution >= 4 is 0 Å². The van der Waals surface area contributed by atoms with E-state index >= 15 is 0 Å². The maximum Gasteiger partial charge on any atom is 0.133 e. The summed E-state index contributed by atoms with van der Waals surface area (Å²) in [6, 6.07) is 12.6. The van der Waals surface area contributed by atoms with Gasteiger partial charge in [0.1, 0.15) is 5.76 Å². The lowest BCUT2D eigenvalue weighted by Gasteiger charge is -2.02. The second-order valence-corrected chi connectivity index (χ2v) is 4.48. The van der Waals surface area contributed by atoms with Gasteiger partial charge in [0.2, 0.25) is 0 Å². The molecule has 0 N–H and O–H groups in total. The van der Waals surface area contributed by atoms with E-state index in [9.17, 15) is 0 Å². The van der Waals surface area contributed by atoms with Crippen molar-refractivity contribution in [3.8, 4) is 11.3 Å². The smallest absolute Gasteiger partial charge is 0.133 e. The minimum Gasteiger partial charge on any atom is -0.464 e. The van der Waals surface area contributed by atoms with Gasteiger partial charge < -0.3 is 4.42 Å². The van der Waals surface area contributed by atoms with E-state index in [2.05, 4.69) is 31.2 Å². The molecule has 0 spiro atoms. The molecule has 2 aromatic rings. The Labute approximate surface area is 103 Å². The number of hydrogen-bond donors (Lipinski definition) is 0. The van der Waals surface area contributed by atoms with Crippen molar-refractivity contribution in [3.63, 3.8) is 0 Å². The van der Waals surface area contributed by atoms with Crippen molar-refractivity contribution in [1.82, 2.24) is 0 Å². The van der Waals surface area contributed by atoms with Crippen LogP contribution in [0, 0.1) is 0 Å². The van der Waals surface area contributed by atoms with E-state index in [0.29, 0.717) is 0 Å². The summed E-state index contributed by atoms with van der Waals surface area (Å²) in [6.45, 7) is 2.25. The van der Waals surface area contributed by atoms with Gasteiger partial charge in [-0.2, -0.15) is 0 Å². The quantitative estimate of drug-likeness (QED) is 0.629. The van der Waals surface area contributed by atoms with Crippen LogP contribution in [0.3, 0.4) is 0 Å². The molecule has 1 aromatic heterocycles. The van der Waals surface area contributed by atoms with Gasteiger partial charge >= 0.3 is 0 Å². The average Bonchev–Trinajstić information content (AvgIpc) is 2.89. The molecule has 1 aromatic carbocycles. The molecule has 1 heteroatoms. The Morgan fingerprint density at radius 1 is 0.941 bits per heavy atom. The molecule has 0 atom stereocenters. The zero-order valence-corrected chi connectivity index (χ0v) is 10.5. The van der Waals surface area contributed by atoms with E-state index in [0.717, 1.165) is 11.3 Å². The van der Waals surface area contributed by atoms with Crippen LogP contribution in [0.25, 0.3) is 11.3 Å². The Hall–Kier alpha value is -1.50. The van der Waals surface area contributed by atoms with Gasteiger partial charge in [0.05, 0.1) is 6.26 Å². The Kier molecular flexibility index (Phi) is 4.43. The van der Waals surface area contributed by atoms with Crippen LogP contribution in [-0.4, -0.2) is 0 Å². The molecule has 0 fully saturated rings. The summed E-state index contributed by atoms with van der Waals surface area (Å²) >= 11 is 0. The fourth-order valence-electron chi connectivity index (χ4n) is 2.03. The zero-order valence-electron chi connectivity index (χ0n) is 10.5. The van der Waals surface area contributed by atoms with Gasteiger partial charge in [-0.3, -0.25) is 0 Å². The fourth-order valence-corrected chi connectivity index (χ4v) is 2.03. The monoisotopic (exact) mass is 228 g/mol. The molecule has 1 heterocycles. The summed E-state index contributed by atoms with van der Waals surface area (Å²) in [6.07, 6.45) is 8.21. The highest BCUT2D eigenvalue weighted by Gasteiger charge is 2.00. The average molecular weight is 228 g/mol. The minimum atomic E-state index is 0.947. The zero-order chi connectivity index (χ0) is 11.9. The molecule has 0 saturated heterocycles. The SMILES string of the molecule is CCCCCCc1ccc(-c2ccco2)cc1. The van der Waals surface area contributed by atoms with Crippen molar-refractivity contribution < 1.29 is 4.42 Å². The number of benzene rings is 1.